The summed E-state index contributed by atoms with van der Waals surface area (Å²) < 4.78 is 28.0. The van der Waals surface area contributed by atoms with Crippen LogP contribution in [0.1, 0.15) is 29.2 Å². The van der Waals surface area contributed by atoms with E-state index in [-0.39, 0.29) is 17.9 Å². The molecule has 6 heteroatoms. The zero-order valence-corrected chi connectivity index (χ0v) is 8.87. The Kier molecular flexibility index (Phi) is 2.60. The molecule has 1 aliphatic rings. The normalized spacial score (nSPS) is 24.1. The van der Waals surface area contributed by atoms with Crippen molar-refractivity contribution in [2.45, 2.75) is 24.5 Å². The Bertz CT molecular complexity index is 462. The molecule has 0 aromatic carbocycles. The predicted molar refractivity (Wildman–Crippen MR) is 52.4 cm³/mol. The van der Waals surface area contributed by atoms with Gasteiger partial charge in [0.2, 0.25) is 0 Å². The summed E-state index contributed by atoms with van der Waals surface area (Å²) in [7, 11) is -2.97. The highest BCUT2D eigenvalue weighted by Gasteiger charge is 2.32. The number of oxazole rings is 1. The Morgan fingerprint density at radius 2 is 2.40 bits per heavy atom. The molecule has 0 spiro atoms. The lowest BCUT2D eigenvalue weighted by Gasteiger charge is -2.04. The van der Waals surface area contributed by atoms with Gasteiger partial charge in [-0.3, -0.25) is 4.79 Å². The van der Waals surface area contributed by atoms with Gasteiger partial charge in [-0.25, -0.2) is 13.4 Å². The van der Waals surface area contributed by atoms with E-state index in [1.54, 1.807) is 0 Å². The molecule has 5 nitrogen and oxygen atoms in total. The van der Waals surface area contributed by atoms with Gasteiger partial charge in [-0.15, -0.1) is 0 Å². The molecule has 0 bridgehead atoms. The van der Waals surface area contributed by atoms with Gasteiger partial charge in [0.1, 0.15) is 12.0 Å². The summed E-state index contributed by atoms with van der Waals surface area (Å²) in [5.41, 5.74) is 0.209. The van der Waals surface area contributed by atoms with Crippen molar-refractivity contribution >= 4 is 16.1 Å². The number of nitrogens with zero attached hydrogens (tertiary/aromatic N) is 1. The second-order valence-electron chi connectivity index (χ2n) is 3.62. The number of sulfone groups is 1. The highest BCUT2D eigenvalue weighted by molar-refractivity contribution is 7.92. The van der Waals surface area contributed by atoms with Crippen LogP contribution in [0.5, 0.6) is 0 Å². The van der Waals surface area contributed by atoms with E-state index in [0.29, 0.717) is 25.0 Å². The van der Waals surface area contributed by atoms with Gasteiger partial charge in [-0.1, -0.05) is 0 Å². The van der Waals surface area contributed by atoms with Crippen molar-refractivity contribution in [1.82, 2.24) is 4.98 Å². The van der Waals surface area contributed by atoms with Crippen LogP contribution in [0.15, 0.2) is 10.7 Å². The fourth-order valence-corrected chi connectivity index (χ4v) is 3.58. The van der Waals surface area contributed by atoms with Crippen LogP contribution >= 0.6 is 0 Å². The van der Waals surface area contributed by atoms with Gasteiger partial charge in [-0.05, 0) is 12.8 Å². The third-order valence-corrected chi connectivity index (χ3v) is 4.83. The number of carbonyl (C=O) groups is 1. The first-order valence-corrected chi connectivity index (χ1v) is 6.44. The maximum atomic E-state index is 11.5. The average Bonchev–Trinajstić information content (AvgIpc) is 2.75. The largest absolute Gasteiger partial charge is 0.448 e. The quantitative estimate of drug-likeness (QED) is 0.709. The number of hydrogen-bond donors (Lipinski definition) is 0. The Hall–Kier alpha value is -1.17. The van der Waals surface area contributed by atoms with Crippen LogP contribution in [-0.4, -0.2) is 30.7 Å². The van der Waals surface area contributed by atoms with Crippen molar-refractivity contribution < 1.29 is 17.6 Å². The molecule has 0 N–H and O–H groups in total. The van der Waals surface area contributed by atoms with Crippen molar-refractivity contribution in [1.29, 1.82) is 0 Å². The Morgan fingerprint density at radius 1 is 1.60 bits per heavy atom. The van der Waals surface area contributed by atoms with Gasteiger partial charge in [0.25, 0.3) is 0 Å². The average molecular weight is 229 g/mol. The fourth-order valence-electron chi connectivity index (χ4n) is 1.76. The molecule has 1 aromatic rings. The fraction of sp³-hybridized carbons (Fsp3) is 0.556. The lowest BCUT2D eigenvalue weighted by molar-refractivity contribution is 0.111. The van der Waals surface area contributed by atoms with Crippen LogP contribution in [0.4, 0.5) is 0 Å². The van der Waals surface area contributed by atoms with E-state index in [1.165, 1.54) is 6.26 Å². The summed E-state index contributed by atoms with van der Waals surface area (Å²) in [6.45, 7) is 0. The Balaban J connectivity index is 2.12. The first-order valence-electron chi connectivity index (χ1n) is 4.73. The standard InChI is InChI=1S/C9H11NO4S/c11-5-7-6-14-9(10-7)4-8-2-1-3-15(8,12)13/h5-6,8H,1-4H2. The molecule has 82 valence electrons. The minimum absolute atomic E-state index is 0.209. The maximum Gasteiger partial charge on any atom is 0.195 e. The van der Waals surface area contributed by atoms with Gasteiger partial charge >= 0.3 is 0 Å². The Labute approximate surface area is 87.4 Å². The van der Waals surface area contributed by atoms with E-state index in [1.807, 2.05) is 0 Å². The van der Waals surface area contributed by atoms with Crippen LogP contribution in [-0.2, 0) is 16.3 Å². The SMILES string of the molecule is O=Cc1coc(CC2CCCS2(=O)=O)n1. The van der Waals surface area contributed by atoms with Crippen molar-refractivity contribution in [3.8, 4) is 0 Å². The molecule has 1 aliphatic heterocycles. The molecule has 0 amide bonds. The minimum Gasteiger partial charge on any atom is -0.448 e. The highest BCUT2D eigenvalue weighted by atomic mass is 32.2. The molecule has 1 atom stereocenters. The van der Waals surface area contributed by atoms with Crippen LogP contribution in [0.3, 0.4) is 0 Å². The van der Waals surface area contributed by atoms with E-state index in [2.05, 4.69) is 4.98 Å². The molecule has 0 radical (unpaired) electrons. The molecule has 1 unspecified atom stereocenters. The molecule has 2 rings (SSSR count). The van der Waals surface area contributed by atoms with Gasteiger partial charge in [0.15, 0.2) is 22.0 Å². The second kappa shape index (κ2) is 3.77. The summed E-state index contributed by atoms with van der Waals surface area (Å²) >= 11 is 0. The first kappa shape index (κ1) is 10.4. The van der Waals surface area contributed by atoms with Gasteiger partial charge in [-0.2, -0.15) is 0 Å². The molecule has 15 heavy (non-hydrogen) atoms. The topological polar surface area (TPSA) is 77.2 Å². The zero-order valence-electron chi connectivity index (χ0n) is 8.05. The number of hydrogen-bond acceptors (Lipinski definition) is 5. The van der Waals surface area contributed by atoms with Gasteiger partial charge in [0, 0.05) is 6.42 Å². The third-order valence-electron chi connectivity index (χ3n) is 2.56. The van der Waals surface area contributed by atoms with Gasteiger partial charge < -0.3 is 4.42 Å². The number of rotatable bonds is 3. The van der Waals surface area contributed by atoms with E-state index in [0.717, 1.165) is 0 Å². The number of carbonyl (C=O) groups excluding carboxylic acids is 1. The summed E-state index contributed by atoms with van der Waals surface area (Å²) in [5, 5.41) is -0.393. The van der Waals surface area contributed by atoms with Crippen molar-refractivity contribution in [3.05, 3.63) is 17.8 Å². The Morgan fingerprint density at radius 3 is 2.93 bits per heavy atom. The molecular weight excluding hydrogens is 218 g/mol. The van der Waals surface area contributed by atoms with E-state index in [4.69, 9.17) is 4.42 Å². The lowest BCUT2D eigenvalue weighted by atomic mass is 10.2. The number of aldehydes is 1. The third kappa shape index (κ3) is 2.09. The van der Waals surface area contributed by atoms with E-state index < -0.39 is 15.1 Å². The van der Waals surface area contributed by atoms with Crippen LogP contribution in [0.2, 0.25) is 0 Å². The lowest BCUT2D eigenvalue weighted by Crippen LogP contribution is -2.18. The molecule has 1 aromatic heterocycles. The first-order chi connectivity index (χ1) is 7.12. The molecule has 1 fully saturated rings. The molecule has 2 heterocycles. The van der Waals surface area contributed by atoms with Gasteiger partial charge in [0.05, 0.1) is 11.0 Å². The summed E-state index contributed by atoms with van der Waals surface area (Å²) in [5.74, 6) is 0.575. The monoisotopic (exact) mass is 229 g/mol. The molecule has 0 aliphatic carbocycles. The van der Waals surface area contributed by atoms with Crippen molar-refractivity contribution in [2.24, 2.45) is 0 Å². The summed E-state index contributed by atoms with van der Waals surface area (Å²) in [6.07, 6.45) is 3.45. The maximum absolute atomic E-state index is 11.5. The van der Waals surface area contributed by atoms with Crippen molar-refractivity contribution in [3.63, 3.8) is 0 Å². The van der Waals surface area contributed by atoms with E-state index in [9.17, 15) is 13.2 Å². The smallest absolute Gasteiger partial charge is 0.195 e. The highest BCUT2D eigenvalue weighted by Crippen LogP contribution is 2.23. The van der Waals surface area contributed by atoms with E-state index >= 15 is 0 Å². The van der Waals surface area contributed by atoms with Crippen LogP contribution < -0.4 is 0 Å². The zero-order chi connectivity index (χ0) is 10.9. The second-order valence-corrected chi connectivity index (χ2v) is 6.02. The van der Waals surface area contributed by atoms with Crippen LogP contribution in [0, 0.1) is 0 Å². The molecule has 1 saturated heterocycles. The van der Waals surface area contributed by atoms with Crippen LogP contribution in [0.25, 0.3) is 0 Å². The predicted octanol–water partition coefficient (Wildman–Crippen LogP) is 0.607. The summed E-state index contributed by atoms with van der Waals surface area (Å²) in [4.78, 5) is 14.2. The van der Waals surface area contributed by atoms with Crippen molar-refractivity contribution in [2.75, 3.05) is 5.75 Å². The summed E-state index contributed by atoms with van der Waals surface area (Å²) in [6, 6.07) is 0. The molecular formula is C9H11NO4S. The minimum atomic E-state index is -2.97. The molecule has 0 saturated carbocycles. The number of aromatic nitrogens is 1.